The van der Waals surface area contributed by atoms with E-state index >= 15 is 0 Å². The van der Waals surface area contributed by atoms with Crippen molar-refractivity contribution in [1.29, 1.82) is 0 Å². The summed E-state index contributed by atoms with van der Waals surface area (Å²) in [6.45, 7) is 6.44. The average molecular weight is 212 g/mol. The van der Waals surface area contributed by atoms with Gasteiger partial charge in [0.05, 0.1) is 13.0 Å². The van der Waals surface area contributed by atoms with Crippen molar-refractivity contribution in [3.63, 3.8) is 0 Å². The normalized spacial score (nSPS) is 10.9. The molecule has 0 atom stereocenters. The molecule has 1 heterocycles. The van der Waals surface area contributed by atoms with Crippen molar-refractivity contribution >= 4 is 17.1 Å². The van der Waals surface area contributed by atoms with E-state index < -0.39 is 0 Å². The SMILES string of the molecule is Cc1csc(CC(=O)CNC(C)C)n1. The lowest BCUT2D eigenvalue weighted by Gasteiger charge is -2.05. The molecule has 0 aliphatic carbocycles. The van der Waals surface area contributed by atoms with E-state index in [2.05, 4.69) is 10.3 Å². The number of carbonyl (C=O) groups excluding carboxylic acids is 1. The van der Waals surface area contributed by atoms with Gasteiger partial charge in [-0.25, -0.2) is 4.98 Å². The summed E-state index contributed by atoms with van der Waals surface area (Å²) in [6, 6.07) is 0.358. The molecule has 0 amide bonds. The van der Waals surface area contributed by atoms with Gasteiger partial charge in [-0.2, -0.15) is 0 Å². The lowest BCUT2D eigenvalue weighted by molar-refractivity contribution is -0.117. The second kappa shape index (κ2) is 5.22. The Morgan fingerprint density at radius 2 is 2.36 bits per heavy atom. The standard InChI is InChI=1S/C10H16N2OS/c1-7(2)11-5-9(13)4-10-12-8(3)6-14-10/h6-7,11H,4-5H2,1-3H3. The molecular formula is C10H16N2OS. The zero-order valence-corrected chi connectivity index (χ0v) is 9.65. The van der Waals surface area contributed by atoms with E-state index in [1.165, 1.54) is 0 Å². The number of ketones is 1. The highest BCUT2D eigenvalue weighted by atomic mass is 32.1. The molecular weight excluding hydrogens is 196 g/mol. The predicted molar refractivity (Wildman–Crippen MR) is 58.7 cm³/mol. The monoisotopic (exact) mass is 212 g/mol. The smallest absolute Gasteiger partial charge is 0.153 e. The molecule has 0 bridgehead atoms. The molecule has 14 heavy (non-hydrogen) atoms. The molecule has 1 aromatic heterocycles. The Morgan fingerprint density at radius 1 is 1.64 bits per heavy atom. The zero-order chi connectivity index (χ0) is 10.6. The van der Waals surface area contributed by atoms with Crippen molar-refractivity contribution < 1.29 is 4.79 Å². The van der Waals surface area contributed by atoms with Crippen LogP contribution >= 0.6 is 11.3 Å². The van der Waals surface area contributed by atoms with E-state index in [-0.39, 0.29) is 5.78 Å². The van der Waals surface area contributed by atoms with Crippen molar-refractivity contribution in [3.05, 3.63) is 16.1 Å². The van der Waals surface area contributed by atoms with Crippen LogP contribution in [0.4, 0.5) is 0 Å². The molecule has 0 aromatic carbocycles. The highest BCUT2D eigenvalue weighted by Gasteiger charge is 2.06. The third kappa shape index (κ3) is 3.98. The molecule has 0 radical (unpaired) electrons. The molecule has 78 valence electrons. The second-order valence-corrected chi connectivity index (χ2v) is 4.58. The van der Waals surface area contributed by atoms with Crippen LogP contribution in [0.25, 0.3) is 0 Å². The molecule has 1 rings (SSSR count). The van der Waals surface area contributed by atoms with Gasteiger partial charge in [-0.15, -0.1) is 11.3 Å². The Bertz CT molecular complexity index is 307. The highest BCUT2D eigenvalue weighted by Crippen LogP contribution is 2.09. The van der Waals surface area contributed by atoms with Crippen LogP contribution in [-0.2, 0) is 11.2 Å². The van der Waals surface area contributed by atoms with Gasteiger partial charge >= 0.3 is 0 Å². The Kier molecular flexibility index (Phi) is 4.22. The fourth-order valence-electron chi connectivity index (χ4n) is 1.03. The van der Waals surface area contributed by atoms with Crippen molar-refractivity contribution in [1.82, 2.24) is 10.3 Å². The lowest BCUT2D eigenvalue weighted by Crippen LogP contribution is -2.29. The van der Waals surface area contributed by atoms with Crippen LogP contribution in [0.5, 0.6) is 0 Å². The number of nitrogens with zero attached hydrogens (tertiary/aromatic N) is 1. The molecule has 0 aliphatic rings. The van der Waals surface area contributed by atoms with Crippen molar-refractivity contribution in [2.45, 2.75) is 33.2 Å². The minimum absolute atomic E-state index is 0.202. The second-order valence-electron chi connectivity index (χ2n) is 3.63. The zero-order valence-electron chi connectivity index (χ0n) is 8.83. The molecule has 0 spiro atoms. The number of nitrogens with one attached hydrogen (secondary N) is 1. The Balaban J connectivity index is 2.34. The maximum Gasteiger partial charge on any atom is 0.153 e. The van der Waals surface area contributed by atoms with Gasteiger partial charge in [-0.1, -0.05) is 13.8 Å². The number of thiazole rings is 1. The summed E-state index contributed by atoms with van der Waals surface area (Å²) in [5.74, 6) is 0.202. The number of aryl methyl sites for hydroxylation is 1. The Morgan fingerprint density at radius 3 is 2.86 bits per heavy atom. The summed E-state index contributed by atoms with van der Waals surface area (Å²) in [6.07, 6.45) is 0.457. The first-order valence-electron chi connectivity index (χ1n) is 4.74. The molecule has 4 heteroatoms. The van der Waals surface area contributed by atoms with Gasteiger partial charge in [0, 0.05) is 17.1 Å². The van der Waals surface area contributed by atoms with Crippen LogP contribution < -0.4 is 5.32 Å². The minimum atomic E-state index is 0.202. The molecule has 3 nitrogen and oxygen atoms in total. The quantitative estimate of drug-likeness (QED) is 0.805. The number of carbonyl (C=O) groups is 1. The van der Waals surface area contributed by atoms with Crippen molar-refractivity contribution in [3.8, 4) is 0 Å². The predicted octanol–water partition coefficient (Wildman–Crippen LogP) is 1.56. The number of Topliss-reactive ketones (excluding diaryl/α,β-unsaturated/α-hetero) is 1. The van der Waals surface area contributed by atoms with Gasteiger partial charge in [-0.3, -0.25) is 4.79 Å². The van der Waals surface area contributed by atoms with E-state index in [0.717, 1.165) is 10.7 Å². The van der Waals surface area contributed by atoms with Gasteiger partial charge in [0.2, 0.25) is 0 Å². The van der Waals surface area contributed by atoms with Gasteiger partial charge in [-0.05, 0) is 6.92 Å². The van der Waals surface area contributed by atoms with Crippen molar-refractivity contribution in [2.75, 3.05) is 6.54 Å². The van der Waals surface area contributed by atoms with E-state index in [0.29, 0.717) is 19.0 Å². The molecule has 0 unspecified atom stereocenters. The van der Waals surface area contributed by atoms with Gasteiger partial charge < -0.3 is 5.32 Å². The number of hydrogen-bond donors (Lipinski definition) is 1. The summed E-state index contributed by atoms with van der Waals surface area (Å²) >= 11 is 1.55. The van der Waals surface area contributed by atoms with E-state index in [1.807, 2.05) is 26.2 Å². The number of aromatic nitrogens is 1. The summed E-state index contributed by atoms with van der Waals surface area (Å²) in [4.78, 5) is 15.7. The molecule has 1 N–H and O–H groups in total. The Hall–Kier alpha value is -0.740. The summed E-state index contributed by atoms with van der Waals surface area (Å²) in [5.41, 5.74) is 0.995. The summed E-state index contributed by atoms with van der Waals surface area (Å²) in [5, 5.41) is 5.99. The van der Waals surface area contributed by atoms with Crippen LogP contribution in [0, 0.1) is 6.92 Å². The molecule has 0 saturated carbocycles. The van der Waals surface area contributed by atoms with Crippen LogP contribution in [0.2, 0.25) is 0 Å². The molecule has 0 saturated heterocycles. The lowest BCUT2D eigenvalue weighted by atomic mass is 10.2. The minimum Gasteiger partial charge on any atom is -0.308 e. The molecule has 0 fully saturated rings. The first-order valence-corrected chi connectivity index (χ1v) is 5.62. The maximum absolute atomic E-state index is 11.4. The fraction of sp³-hybridized carbons (Fsp3) is 0.600. The number of rotatable bonds is 5. The topological polar surface area (TPSA) is 42.0 Å². The fourth-order valence-corrected chi connectivity index (χ4v) is 1.83. The van der Waals surface area contributed by atoms with Crippen LogP contribution in [0.3, 0.4) is 0 Å². The van der Waals surface area contributed by atoms with Gasteiger partial charge in [0.1, 0.15) is 5.01 Å². The van der Waals surface area contributed by atoms with Gasteiger partial charge in [0.15, 0.2) is 5.78 Å². The number of hydrogen-bond acceptors (Lipinski definition) is 4. The summed E-state index contributed by atoms with van der Waals surface area (Å²) in [7, 11) is 0. The van der Waals surface area contributed by atoms with Crippen LogP contribution in [0.1, 0.15) is 24.5 Å². The molecule has 1 aromatic rings. The largest absolute Gasteiger partial charge is 0.308 e. The summed E-state index contributed by atoms with van der Waals surface area (Å²) < 4.78 is 0. The van der Waals surface area contributed by atoms with E-state index in [9.17, 15) is 4.79 Å². The van der Waals surface area contributed by atoms with Gasteiger partial charge in [0.25, 0.3) is 0 Å². The van der Waals surface area contributed by atoms with E-state index in [4.69, 9.17) is 0 Å². The third-order valence-electron chi connectivity index (χ3n) is 1.72. The average Bonchev–Trinajstić information content (AvgIpc) is 2.48. The Labute approximate surface area is 88.6 Å². The third-order valence-corrected chi connectivity index (χ3v) is 2.69. The highest BCUT2D eigenvalue weighted by molar-refractivity contribution is 7.09. The first-order chi connectivity index (χ1) is 6.58. The maximum atomic E-state index is 11.4. The van der Waals surface area contributed by atoms with Crippen LogP contribution in [0.15, 0.2) is 5.38 Å². The molecule has 0 aliphatic heterocycles. The van der Waals surface area contributed by atoms with Crippen LogP contribution in [-0.4, -0.2) is 23.4 Å². The van der Waals surface area contributed by atoms with E-state index in [1.54, 1.807) is 11.3 Å². The van der Waals surface area contributed by atoms with Crippen molar-refractivity contribution in [2.24, 2.45) is 0 Å². The first kappa shape index (κ1) is 11.3.